The maximum atomic E-state index is 13.4. The number of aliphatic hydroxyl groups excluding tert-OH is 1. The third-order valence-electron chi connectivity index (χ3n) is 4.64. The molecule has 3 aromatic rings. The molecule has 3 heterocycles. The molecule has 156 valence electrons. The minimum absolute atomic E-state index is 0.0350. The van der Waals surface area contributed by atoms with Crippen molar-refractivity contribution >= 4 is 28.9 Å². The highest BCUT2D eigenvalue weighted by Gasteiger charge is 2.27. The summed E-state index contributed by atoms with van der Waals surface area (Å²) in [6.45, 7) is 2.34. The van der Waals surface area contributed by atoms with Gasteiger partial charge in [0.15, 0.2) is 5.82 Å². The number of aliphatic hydroxyl groups is 1. The van der Waals surface area contributed by atoms with Gasteiger partial charge in [-0.2, -0.15) is 10.1 Å². The van der Waals surface area contributed by atoms with Crippen LogP contribution in [0.25, 0.3) is 0 Å². The Bertz CT molecular complexity index is 1170. The molecule has 30 heavy (non-hydrogen) atoms. The molecule has 1 atom stereocenters. The topological polar surface area (TPSA) is 104 Å². The van der Waals surface area contributed by atoms with Gasteiger partial charge < -0.3 is 14.7 Å². The number of halogens is 3. The number of anilines is 1. The van der Waals surface area contributed by atoms with Gasteiger partial charge in [-0.1, -0.05) is 23.2 Å². The minimum atomic E-state index is -0.943. The van der Waals surface area contributed by atoms with Crippen molar-refractivity contribution in [2.75, 3.05) is 11.4 Å². The van der Waals surface area contributed by atoms with Gasteiger partial charge in [-0.3, -0.25) is 4.79 Å². The zero-order valence-electron chi connectivity index (χ0n) is 15.7. The van der Waals surface area contributed by atoms with Crippen LogP contribution in [0.5, 0.6) is 11.6 Å². The highest BCUT2D eigenvalue weighted by molar-refractivity contribution is 6.33. The van der Waals surface area contributed by atoms with Crippen molar-refractivity contribution in [1.82, 2.24) is 20.2 Å². The number of H-pyrrole nitrogens is 1. The lowest BCUT2D eigenvalue weighted by Crippen LogP contribution is -2.33. The monoisotopic (exact) mass is 451 g/mol. The molecule has 2 aromatic heterocycles. The van der Waals surface area contributed by atoms with Gasteiger partial charge in [0.25, 0.3) is 5.56 Å². The van der Waals surface area contributed by atoms with Crippen LogP contribution in [0.1, 0.15) is 30.1 Å². The Morgan fingerprint density at radius 2 is 2.13 bits per heavy atom. The lowest BCUT2D eigenvalue weighted by Gasteiger charge is -2.31. The molecule has 1 aliphatic heterocycles. The van der Waals surface area contributed by atoms with Gasteiger partial charge in [0.2, 0.25) is 5.88 Å². The van der Waals surface area contributed by atoms with Crippen molar-refractivity contribution < 1.29 is 14.2 Å². The van der Waals surface area contributed by atoms with Crippen LogP contribution >= 0.6 is 23.2 Å². The zero-order chi connectivity index (χ0) is 21.4. The van der Waals surface area contributed by atoms with E-state index in [9.17, 15) is 14.3 Å². The lowest BCUT2D eigenvalue weighted by molar-refractivity contribution is 0.187. The van der Waals surface area contributed by atoms with Crippen molar-refractivity contribution in [2.24, 2.45) is 0 Å². The molecule has 11 heteroatoms. The number of hydrogen-bond donors (Lipinski definition) is 2. The smallest absolute Gasteiger partial charge is 0.285 e. The summed E-state index contributed by atoms with van der Waals surface area (Å²) < 4.78 is 19.2. The SMILES string of the molecule is C[C@@H](O)c1nc2c(c(Oc3ccc(F)cc3Cl)n1)CCN(c1cn[nH]c(=O)c1Cl)C2. The Balaban J connectivity index is 1.73. The molecule has 0 aliphatic carbocycles. The Hall–Kier alpha value is -2.75. The van der Waals surface area contributed by atoms with Crippen LogP contribution in [0, 0.1) is 5.82 Å². The second kappa shape index (κ2) is 8.17. The normalized spacial score (nSPS) is 14.4. The van der Waals surface area contributed by atoms with Crippen molar-refractivity contribution in [3.8, 4) is 11.6 Å². The van der Waals surface area contributed by atoms with Crippen molar-refractivity contribution in [3.63, 3.8) is 0 Å². The average molecular weight is 452 g/mol. The van der Waals surface area contributed by atoms with Crippen LogP contribution in [0.2, 0.25) is 10.0 Å². The summed E-state index contributed by atoms with van der Waals surface area (Å²) >= 11 is 12.2. The zero-order valence-corrected chi connectivity index (χ0v) is 17.2. The van der Waals surface area contributed by atoms with Crippen molar-refractivity contribution in [3.05, 3.63) is 67.7 Å². The van der Waals surface area contributed by atoms with Crippen LogP contribution < -0.4 is 15.2 Å². The summed E-state index contributed by atoms with van der Waals surface area (Å²) in [6, 6.07) is 3.78. The fourth-order valence-corrected chi connectivity index (χ4v) is 3.56. The van der Waals surface area contributed by atoms with Crippen LogP contribution in [0.3, 0.4) is 0 Å². The first-order valence-electron chi connectivity index (χ1n) is 9.02. The van der Waals surface area contributed by atoms with Gasteiger partial charge in [0.1, 0.15) is 22.7 Å². The number of ether oxygens (including phenoxy) is 1. The average Bonchev–Trinajstić information content (AvgIpc) is 2.71. The molecule has 0 radical (unpaired) electrons. The molecule has 2 N–H and O–H groups in total. The predicted molar refractivity (Wildman–Crippen MR) is 109 cm³/mol. The molecule has 0 spiro atoms. The predicted octanol–water partition coefficient (Wildman–Crippen LogP) is 3.41. The molecule has 0 bridgehead atoms. The second-order valence-corrected chi connectivity index (χ2v) is 7.52. The summed E-state index contributed by atoms with van der Waals surface area (Å²) in [5.74, 6) is 0.152. The first-order chi connectivity index (χ1) is 14.3. The lowest BCUT2D eigenvalue weighted by atomic mass is 10.1. The van der Waals surface area contributed by atoms with Gasteiger partial charge in [0.05, 0.1) is 29.1 Å². The number of nitrogens with zero attached hydrogens (tertiary/aromatic N) is 4. The Morgan fingerprint density at radius 3 is 2.87 bits per heavy atom. The highest BCUT2D eigenvalue weighted by Crippen LogP contribution is 2.35. The van der Waals surface area contributed by atoms with Crippen LogP contribution in [-0.2, 0) is 13.0 Å². The van der Waals surface area contributed by atoms with Gasteiger partial charge in [-0.05, 0) is 31.5 Å². The molecule has 1 aliphatic rings. The van der Waals surface area contributed by atoms with Crippen LogP contribution in [-0.4, -0.2) is 31.8 Å². The maximum Gasteiger partial charge on any atom is 0.285 e. The molecule has 0 amide bonds. The third kappa shape index (κ3) is 3.96. The molecular weight excluding hydrogens is 436 g/mol. The van der Waals surface area contributed by atoms with E-state index in [1.54, 1.807) is 0 Å². The first kappa shape index (κ1) is 20.5. The highest BCUT2D eigenvalue weighted by atomic mass is 35.5. The Morgan fingerprint density at radius 1 is 1.33 bits per heavy atom. The second-order valence-electron chi connectivity index (χ2n) is 6.73. The van der Waals surface area contributed by atoms with E-state index in [0.29, 0.717) is 30.9 Å². The summed E-state index contributed by atoms with van der Waals surface area (Å²) in [4.78, 5) is 22.4. The van der Waals surface area contributed by atoms with E-state index in [1.807, 2.05) is 4.90 Å². The number of benzene rings is 1. The number of hydrogen-bond acceptors (Lipinski definition) is 7. The van der Waals surface area contributed by atoms with E-state index < -0.39 is 17.5 Å². The fraction of sp³-hybridized carbons (Fsp3) is 0.263. The molecule has 8 nitrogen and oxygen atoms in total. The molecule has 0 fully saturated rings. The standard InChI is InChI=1S/C19H16Cl2FN5O3/c1-9(28)17-24-13-8-27(14-7-23-26-18(29)16(14)21)5-4-11(13)19(25-17)30-15-3-2-10(22)6-12(15)20/h2-3,6-7,9,28H,4-5,8H2,1H3,(H,26,29)/t9-/m1/s1. The van der Waals surface area contributed by atoms with Gasteiger partial charge in [-0.15, -0.1) is 0 Å². The minimum Gasteiger partial charge on any atom is -0.437 e. The van der Waals surface area contributed by atoms with Crippen LogP contribution in [0.15, 0.2) is 29.2 Å². The Kier molecular flexibility index (Phi) is 5.59. The molecule has 0 saturated heterocycles. The molecule has 0 saturated carbocycles. The first-order valence-corrected chi connectivity index (χ1v) is 9.78. The number of rotatable bonds is 4. The van der Waals surface area contributed by atoms with E-state index in [2.05, 4.69) is 20.2 Å². The summed E-state index contributed by atoms with van der Waals surface area (Å²) in [6.07, 6.45) is 1.01. The van der Waals surface area contributed by atoms with Gasteiger partial charge >= 0.3 is 0 Å². The van der Waals surface area contributed by atoms with Crippen molar-refractivity contribution in [1.29, 1.82) is 0 Å². The van der Waals surface area contributed by atoms with Crippen molar-refractivity contribution in [2.45, 2.75) is 26.0 Å². The Labute approximate surface area is 180 Å². The fourth-order valence-electron chi connectivity index (χ4n) is 3.15. The number of fused-ring (bicyclic) bond motifs is 1. The maximum absolute atomic E-state index is 13.4. The molecule has 4 rings (SSSR count). The van der Waals surface area contributed by atoms with E-state index in [0.717, 1.165) is 11.6 Å². The van der Waals surface area contributed by atoms with E-state index >= 15 is 0 Å². The third-order valence-corrected chi connectivity index (χ3v) is 5.30. The number of aromatic nitrogens is 4. The number of aromatic amines is 1. The van der Waals surface area contributed by atoms with Gasteiger partial charge in [-0.25, -0.2) is 14.5 Å². The van der Waals surface area contributed by atoms with E-state index in [1.165, 1.54) is 25.3 Å². The van der Waals surface area contributed by atoms with E-state index in [4.69, 9.17) is 27.9 Å². The summed E-state index contributed by atoms with van der Waals surface area (Å²) in [5.41, 5.74) is 1.33. The summed E-state index contributed by atoms with van der Waals surface area (Å²) in [7, 11) is 0. The van der Waals surface area contributed by atoms with E-state index in [-0.39, 0.29) is 27.5 Å². The van der Waals surface area contributed by atoms with Gasteiger partial charge in [0, 0.05) is 12.1 Å². The summed E-state index contributed by atoms with van der Waals surface area (Å²) in [5, 5.41) is 16.2. The molecule has 0 unspecified atom stereocenters. The molecular formula is C19H16Cl2FN5O3. The largest absolute Gasteiger partial charge is 0.437 e. The van der Waals surface area contributed by atoms with Crippen LogP contribution in [0.4, 0.5) is 10.1 Å². The quantitative estimate of drug-likeness (QED) is 0.625. The number of nitrogens with one attached hydrogen (secondary N) is 1. The molecule has 1 aromatic carbocycles.